The van der Waals surface area contributed by atoms with Crippen molar-refractivity contribution in [3.05, 3.63) is 212 Å². The van der Waals surface area contributed by atoms with Gasteiger partial charge in [-0.15, -0.1) is 0 Å². The number of hydrogen-bond donors (Lipinski definition) is 1. The number of para-hydroxylation sites is 5. The molecule has 0 saturated carbocycles. The highest BCUT2D eigenvalue weighted by Gasteiger charge is 2.24. The molecule has 0 aliphatic heterocycles. The van der Waals surface area contributed by atoms with Crippen molar-refractivity contribution in [2.75, 3.05) is 0 Å². The Kier molecular flexibility index (Phi) is 8.23. The third kappa shape index (κ3) is 5.79. The summed E-state index contributed by atoms with van der Waals surface area (Å²) in [4.78, 5) is 10.5. The Bertz CT molecular complexity index is 3330. The summed E-state index contributed by atoms with van der Waals surface area (Å²) < 4.78 is 4.57. The van der Waals surface area contributed by atoms with Gasteiger partial charge in [0.15, 0.2) is 0 Å². The predicted molar refractivity (Wildman–Crippen MR) is 242 cm³/mol. The zero-order chi connectivity index (χ0) is 39.3. The maximum absolute atomic E-state index is 11.4. The second-order valence-corrected chi connectivity index (χ2v) is 14.7. The van der Waals surface area contributed by atoms with Crippen molar-refractivity contribution in [1.29, 1.82) is 0 Å². The number of phenolic OH excluding ortho intramolecular Hbond substituents is 1. The number of imidazole rings is 1. The Morgan fingerprint density at radius 1 is 0.407 bits per heavy atom. The molecule has 5 nitrogen and oxygen atoms in total. The lowest BCUT2D eigenvalue weighted by molar-refractivity contribution is 0.477. The molecule has 0 fully saturated rings. The predicted octanol–water partition coefficient (Wildman–Crippen LogP) is 13.6. The molecule has 0 aliphatic rings. The van der Waals surface area contributed by atoms with Crippen LogP contribution in [0.15, 0.2) is 212 Å². The number of benzene rings is 8. The van der Waals surface area contributed by atoms with E-state index in [9.17, 15) is 5.11 Å². The lowest BCUT2D eigenvalue weighted by Crippen LogP contribution is -2.00. The van der Waals surface area contributed by atoms with E-state index in [1.165, 1.54) is 0 Å². The number of aromatic nitrogens is 4. The van der Waals surface area contributed by atoms with Crippen LogP contribution >= 0.6 is 0 Å². The van der Waals surface area contributed by atoms with Crippen LogP contribution in [0.2, 0.25) is 0 Å². The third-order valence-electron chi connectivity index (χ3n) is 11.3. The van der Waals surface area contributed by atoms with Gasteiger partial charge in [0, 0.05) is 39.3 Å². The minimum Gasteiger partial charge on any atom is -0.507 e. The first kappa shape index (κ1) is 34.2. The van der Waals surface area contributed by atoms with Crippen LogP contribution in [0.5, 0.6) is 5.75 Å². The summed E-state index contributed by atoms with van der Waals surface area (Å²) in [6.45, 7) is 0. The molecule has 8 aromatic carbocycles. The summed E-state index contributed by atoms with van der Waals surface area (Å²) in [7, 11) is 0. The molecular formula is C54H36N4O. The Hall–Kier alpha value is -8.02. The second kappa shape index (κ2) is 14.2. The number of rotatable bonds is 7. The average Bonchev–Trinajstić information content (AvgIpc) is 3.86. The Labute approximate surface area is 341 Å². The molecular weight excluding hydrogens is 721 g/mol. The fraction of sp³-hybridized carbons (Fsp3) is 0. The second-order valence-electron chi connectivity index (χ2n) is 14.7. The van der Waals surface area contributed by atoms with Gasteiger partial charge in [-0.25, -0.2) is 4.98 Å². The van der Waals surface area contributed by atoms with Gasteiger partial charge in [0.1, 0.15) is 11.6 Å². The maximum Gasteiger partial charge on any atom is 0.149 e. The first-order valence-electron chi connectivity index (χ1n) is 19.8. The van der Waals surface area contributed by atoms with E-state index in [0.717, 1.165) is 88.9 Å². The standard InChI is InChI=1S/C54H36N4O/c59-51-30-15-12-25-44(51)54-56-53-42(26-16-29-49(53)58(54)47-27-13-10-23-41(47)37-19-6-2-7-20-37)45-33-39(46-34-38(31-32-55-46)36-17-4-1-5-18-36)35-50-52(45)43-24-11-14-28-48(43)57(50)40-21-8-3-9-22-40/h1-35,59H. The molecule has 11 aromatic rings. The van der Waals surface area contributed by atoms with Crippen molar-refractivity contribution >= 4 is 32.8 Å². The zero-order valence-electron chi connectivity index (χ0n) is 31.9. The van der Waals surface area contributed by atoms with Crippen LogP contribution in [0, 0.1) is 0 Å². The van der Waals surface area contributed by atoms with Crippen molar-refractivity contribution in [3.63, 3.8) is 0 Å². The molecule has 59 heavy (non-hydrogen) atoms. The van der Waals surface area contributed by atoms with Gasteiger partial charge in [-0.05, 0) is 89.0 Å². The molecule has 0 aliphatic carbocycles. The van der Waals surface area contributed by atoms with Gasteiger partial charge >= 0.3 is 0 Å². The van der Waals surface area contributed by atoms with Crippen LogP contribution in [0.25, 0.3) is 100 Å². The van der Waals surface area contributed by atoms with Crippen molar-refractivity contribution in [3.8, 4) is 73.2 Å². The lowest BCUT2D eigenvalue weighted by Gasteiger charge is -2.16. The Morgan fingerprint density at radius 3 is 1.85 bits per heavy atom. The largest absolute Gasteiger partial charge is 0.507 e. The lowest BCUT2D eigenvalue weighted by atomic mass is 9.94. The zero-order valence-corrected chi connectivity index (χ0v) is 31.9. The maximum atomic E-state index is 11.4. The van der Waals surface area contributed by atoms with E-state index in [2.05, 4.69) is 179 Å². The van der Waals surface area contributed by atoms with Gasteiger partial charge in [0.2, 0.25) is 0 Å². The minimum atomic E-state index is 0.169. The van der Waals surface area contributed by atoms with Crippen molar-refractivity contribution in [2.45, 2.75) is 0 Å². The molecule has 0 atom stereocenters. The minimum absolute atomic E-state index is 0.169. The van der Waals surface area contributed by atoms with Gasteiger partial charge in [-0.3, -0.25) is 9.55 Å². The van der Waals surface area contributed by atoms with E-state index in [1.54, 1.807) is 6.07 Å². The van der Waals surface area contributed by atoms with E-state index >= 15 is 0 Å². The summed E-state index contributed by atoms with van der Waals surface area (Å²) in [6.07, 6.45) is 1.90. The van der Waals surface area contributed by atoms with Gasteiger partial charge < -0.3 is 9.67 Å². The highest BCUT2D eigenvalue weighted by Crippen LogP contribution is 2.45. The number of hydrogen-bond acceptors (Lipinski definition) is 3. The fourth-order valence-corrected chi connectivity index (χ4v) is 8.64. The summed E-state index contributed by atoms with van der Waals surface area (Å²) in [5, 5.41) is 13.7. The SMILES string of the molecule is Oc1ccccc1-c1nc2c(-c3cc(-c4cc(-c5ccccc5)ccn4)cc4c3c3ccccc3n4-c3ccccc3)cccc2n1-c1ccccc1-c1ccccc1. The fourth-order valence-electron chi connectivity index (χ4n) is 8.64. The van der Waals surface area contributed by atoms with Crippen LogP contribution in [0.1, 0.15) is 0 Å². The number of aromatic hydroxyl groups is 1. The highest BCUT2D eigenvalue weighted by molar-refractivity contribution is 6.19. The van der Waals surface area contributed by atoms with Gasteiger partial charge in [0.05, 0.1) is 39.0 Å². The molecule has 0 saturated heterocycles. The van der Waals surface area contributed by atoms with Crippen LogP contribution < -0.4 is 0 Å². The third-order valence-corrected chi connectivity index (χ3v) is 11.3. The van der Waals surface area contributed by atoms with Gasteiger partial charge in [0.25, 0.3) is 0 Å². The number of fused-ring (bicyclic) bond motifs is 4. The molecule has 0 radical (unpaired) electrons. The average molecular weight is 757 g/mol. The summed E-state index contributed by atoms with van der Waals surface area (Å²) in [5.41, 5.74) is 15.0. The van der Waals surface area contributed by atoms with E-state index in [4.69, 9.17) is 9.97 Å². The summed E-state index contributed by atoms with van der Waals surface area (Å²) >= 11 is 0. The topological polar surface area (TPSA) is 55.9 Å². The van der Waals surface area contributed by atoms with E-state index in [1.807, 2.05) is 36.5 Å². The molecule has 0 spiro atoms. The number of phenols is 1. The monoisotopic (exact) mass is 756 g/mol. The molecule has 0 unspecified atom stereocenters. The number of pyridine rings is 1. The quantitative estimate of drug-likeness (QED) is 0.176. The van der Waals surface area contributed by atoms with E-state index < -0.39 is 0 Å². The van der Waals surface area contributed by atoms with E-state index in [0.29, 0.717) is 11.4 Å². The van der Waals surface area contributed by atoms with Crippen LogP contribution in [-0.4, -0.2) is 24.2 Å². The summed E-state index contributed by atoms with van der Waals surface area (Å²) in [6, 6.07) is 71.2. The molecule has 5 heteroatoms. The van der Waals surface area contributed by atoms with E-state index in [-0.39, 0.29) is 5.75 Å². The van der Waals surface area contributed by atoms with Crippen LogP contribution in [0.4, 0.5) is 0 Å². The first-order valence-corrected chi connectivity index (χ1v) is 19.8. The van der Waals surface area contributed by atoms with Gasteiger partial charge in [-0.2, -0.15) is 0 Å². The Balaban J connectivity index is 1.25. The molecule has 1 N–H and O–H groups in total. The Morgan fingerprint density at radius 2 is 1.05 bits per heavy atom. The van der Waals surface area contributed by atoms with Crippen LogP contribution in [-0.2, 0) is 0 Å². The van der Waals surface area contributed by atoms with Crippen molar-refractivity contribution in [2.24, 2.45) is 0 Å². The normalized spacial score (nSPS) is 11.5. The highest BCUT2D eigenvalue weighted by atomic mass is 16.3. The van der Waals surface area contributed by atoms with Crippen molar-refractivity contribution in [1.82, 2.24) is 19.1 Å². The molecule has 0 amide bonds. The molecule has 11 rings (SSSR count). The molecule has 3 aromatic heterocycles. The molecule has 3 heterocycles. The number of nitrogens with zero attached hydrogens (tertiary/aromatic N) is 4. The molecule has 0 bridgehead atoms. The van der Waals surface area contributed by atoms with Crippen molar-refractivity contribution < 1.29 is 5.11 Å². The van der Waals surface area contributed by atoms with Gasteiger partial charge in [-0.1, -0.05) is 140 Å². The smallest absolute Gasteiger partial charge is 0.149 e. The van der Waals surface area contributed by atoms with Crippen LogP contribution in [0.3, 0.4) is 0 Å². The summed E-state index contributed by atoms with van der Waals surface area (Å²) in [5.74, 6) is 0.827. The first-order chi connectivity index (χ1) is 29.2. The molecule has 278 valence electrons.